The lowest BCUT2D eigenvalue weighted by Crippen LogP contribution is -2.41. The van der Waals surface area contributed by atoms with Crippen LogP contribution in [0.4, 0.5) is 0 Å². The second-order valence-corrected chi connectivity index (χ2v) is 6.09. The molecule has 0 amide bonds. The first kappa shape index (κ1) is 15.3. The Bertz CT molecular complexity index is 1020. The minimum absolute atomic E-state index is 0.0324. The van der Waals surface area contributed by atoms with Crippen LogP contribution in [0.15, 0.2) is 47.1 Å². The minimum Gasteiger partial charge on any atom is -0.474 e. The molecule has 5 rings (SSSR count). The SMILES string of the molecule is c1cnc2cc(-c3cnc4ccc(OC[C@H]5CNCCO5)nn34)oc2c1. The molecule has 8 heteroatoms. The minimum atomic E-state index is 0.0324. The normalized spacial score (nSPS) is 17.8. The Morgan fingerprint density at radius 3 is 3.15 bits per heavy atom. The van der Waals surface area contributed by atoms with E-state index >= 15 is 0 Å². The van der Waals surface area contributed by atoms with Crippen LogP contribution in [-0.2, 0) is 4.74 Å². The highest BCUT2D eigenvalue weighted by molar-refractivity contribution is 5.78. The molecule has 4 aromatic heterocycles. The summed E-state index contributed by atoms with van der Waals surface area (Å²) in [6, 6.07) is 9.29. The van der Waals surface area contributed by atoms with Crippen molar-refractivity contribution in [3.05, 3.63) is 42.7 Å². The number of fused-ring (bicyclic) bond motifs is 2. The number of nitrogens with zero attached hydrogens (tertiary/aromatic N) is 4. The zero-order valence-corrected chi connectivity index (χ0v) is 14.0. The summed E-state index contributed by atoms with van der Waals surface area (Å²) in [5, 5.41) is 7.82. The van der Waals surface area contributed by atoms with E-state index in [2.05, 4.69) is 20.4 Å². The van der Waals surface area contributed by atoms with Crippen LogP contribution >= 0.6 is 0 Å². The quantitative estimate of drug-likeness (QED) is 0.601. The Balaban J connectivity index is 1.44. The van der Waals surface area contributed by atoms with Crippen LogP contribution in [0.5, 0.6) is 5.88 Å². The third kappa shape index (κ3) is 2.79. The van der Waals surface area contributed by atoms with E-state index in [-0.39, 0.29) is 6.10 Å². The lowest BCUT2D eigenvalue weighted by atomic mass is 10.3. The lowest BCUT2D eigenvalue weighted by molar-refractivity contribution is -0.000968. The van der Waals surface area contributed by atoms with Crippen LogP contribution in [-0.4, -0.2) is 52.0 Å². The molecule has 8 nitrogen and oxygen atoms in total. The van der Waals surface area contributed by atoms with Crippen molar-refractivity contribution in [2.45, 2.75) is 6.10 Å². The van der Waals surface area contributed by atoms with E-state index in [1.807, 2.05) is 30.3 Å². The van der Waals surface area contributed by atoms with Gasteiger partial charge in [-0.1, -0.05) is 0 Å². The molecule has 0 bridgehead atoms. The summed E-state index contributed by atoms with van der Waals surface area (Å²) >= 11 is 0. The molecule has 0 aliphatic carbocycles. The van der Waals surface area contributed by atoms with E-state index in [1.165, 1.54) is 0 Å². The molecule has 1 saturated heterocycles. The number of morpholine rings is 1. The molecular weight excluding hydrogens is 334 g/mol. The third-order valence-electron chi connectivity index (χ3n) is 4.30. The Hall–Kier alpha value is -2.97. The molecule has 132 valence electrons. The second-order valence-electron chi connectivity index (χ2n) is 6.09. The Labute approximate surface area is 148 Å². The first-order chi connectivity index (χ1) is 12.9. The first-order valence-electron chi connectivity index (χ1n) is 8.52. The zero-order valence-electron chi connectivity index (χ0n) is 14.0. The summed E-state index contributed by atoms with van der Waals surface area (Å²) in [4.78, 5) is 8.69. The number of pyridine rings is 1. The fraction of sp³-hybridized carbons (Fsp3) is 0.278. The van der Waals surface area contributed by atoms with Crippen LogP contribution in [0.2, 0.25) is 0 Å². The van der Waals surface area contributed by atoms with Gasteiger partial charge in [0.1, 0.15) is 23.9 Å². The van der Waals surface area contributed by atoms with Crippen LogP contribution < -0.4 is 10.1 Å². The predicted octanol–water partition coefficient (Wildman–Crippen LogP) is 1.90. The van der Waals surface area contributed by atoms with Crippen molar-refractivity contribution in [3.8, 4) is 17.3 Å². The summed E-state index contributed by atoms with van der Waals surface area (Å²) in [6.45, 7) is 2.81. The molecule has 0 unspecified atom stereocenters. The molecule has 1 atom stereocenters. The van der Waals surface area contributed by atoms with Crippen molar-refractivity contribution in [3.63, 3.8) is 0 Å². The fourth-order valence-electron chi connectivity index (χ4n) is 3.00. The molecule has 0 aromatic carbocycles. The maximum Gasteiger partial charge on any atom is 0.231 e. The van der Waals surface area contributed by atoms with Gasteiger partial charge in [-0.15, -0.1) is 5.10 Å². The van der Waals surface area contributed by atoms with Gasteiger partial charge in [0.2, 0.25) is 5.88 Å². The van der Waals surface area contributed by atoms with Gasteiger partial charge in [-0.2, -0.15) is 0 Å². The first-order valence-corrected chi connectivity index (χ1v) is 8.52. The number of hydrogen-bond donors (Lipinski definition) is 1. The molecule has 0 spiro atoms. The molecule has 0 saturated carbocycles. The average Bonchev–Trinajstić information content (AvgIpc) is 3.30. The van der Waals surface area contributed by atoms with Gasteiger partial charge in [-0.25, -0.2) is 9.50 Å². The van der Waals surface area contributed by atoms with Crippen molar-refractivity contribution in [1.82, 2.24) is 24.9 Å². The van der Waals surface area contributed by atoms with Crippen molar-refractivity contribution in [2.24, 2.45) is 0 Å². The molecule has 5 heterocycles. The fourth-order valence-corrected chi connectivity index (χ4v) is 3.00. The second kappa shape index (κ2) is 6.40. The molecule has 1 aliphatic rings. The summed E-state index contributed by atoms with van der Waals surface area (Å²) in [7, 11) is 0. The third-order valence-corrected chi connectivity index (χ3v) is 4.30. The van der Waals surface area contributed by atoms with E-state index in [0.29, 0.717) is 24.9 Å². The standard InChI is InChI=1S/C18H17N5O3/c1-2-15-13(20-5-1)8-16(26-15)14-10-21-17-3-4-18(22-23(14)17)25-11-12-9-19-6-7-24-12/h1-5,8,10,12,19H,6-7,9,11H2/t12-/m1/s1. The van der Waals surface area contributed by atoms with E-state index in [4.69, 9.17) is 13.9 Å². The van der Waals surface area contributed by atoms with Crippen LogP contribution in [0, 0.1) is 0 Å². The van der Waals surface area contributed by atoms with Gasteiger partial charge in [0.25, 0.3) is 0 Å². The number of furan rings is 1. The molecule has 1 aliphatic heterocycles. The molecule has 1 N–H and O–H groups in total. The molecular formula is C18H17N5O3. The topological polar surface area (TPSA) is 86.7 Å². The van der Waals surface area contributed by atoms with Gasteiger partial charge < -0.3 is 19.2 Å². The largest absolute Gasteiger partial charge is 0.474 e. The monoisotopic (exact) mass is 351 g/mol. The number of imidazole rings is 1. The van der Waals surface area contributed by atoms with Gasteiger partial charge in [0.05, 0.1) is 12.8 Å². The molecule has 26 heavy (non-hydrogen) atoms. The van der Waals surface area contributed by atoms with Crippen LogP contribution in [0.25, 0.3) is 28.2 Å². The van der Waals surface area contributed by atoms with E-state index < -0.39 is 0 Å². The maximum absolute atomic E-state index is 5.88. The van der Waals surface area contributed by atoms with Crippen molar-refractivity contribution >= 4 is 16.7 Å². The number of rotatable bonds is 4. The number of ether oxygens (including phenoxy) is 2. The van der Waals surface area contributed by atoms with Crippen LogP contribution in [0.1, 0.15) is 0 Å². The van der Waals surface area contributed by atoms with Crippen molar-refractivity contribution in [1.29, 1.82) is 0 Å². The lowest BCUT2D eigenvalue weighted by Gasteiger charge is -2.23. The molecule has 1 fully saturated rings. The van der Waals surface area contributed by atoms with Gasteiger partial charge in [-0.05, 0) is 18.2 Å². The van der Waals surface area contributed by atoms with E-state index in [0.717, 1.165) is 35.5 Å². The maximum atomic E-state index is 5.88. The molecule has 0 radical (unpaired) electrons. The highest BCUT2D eigenvalue weighted by Gasteiger charge is 2.16. The van der Waals surface area contributed by atoms with E-state index in [9.17, 15) is 0 Å². The summed E-state index contributed by atoms with van der Waals surface area (Å²) < 4.78 is 19.0. The summed E-state index contributed by atoms with van der Waals surface area (Å²) in [5.41, 5.74) is 2.99. The van der Waals surface area contributed by atoms with Gasteiger partial charge in [0.15, 0.2) is 17.0 Å². The van der Waals surface area contributed by atoms with Gasteiger partial charge in [-0.3, -0.25) is 4.98 Å². The van der Waals surface area contributed by atoms with Crippen molar-refractivity contribution in [2.75, 3.05) is 26.3 Å². The highest BCUT2D eigenvalue weighted by atomic mass is 16.5. The number of hydrogen-bond acceptors (Lipinski definition) is 7. The number of aromatic nitrogens is 4. The number of nitrogens with one attached hydrogen (secondary N) is 1. The molecule has 4 aromatic rings. The smallest absolute Gasteiger partial charge is 0.231 e. The van der Waals surface area contributed by atoms with Gasteiger partial charge >= 0.3 is 0 Å². The summed E-state index contributed by atoms with van der Waals surface area (Å²) in [5.74, 6) is 1.18. The summed E-state index contributed by atoms with van der Waals surface area (Å²) in [6.07, 6.45) is 3.51. The van der Waals surface area contributed by atoms with E-state index in [1.54, 1.807) is 16.9 Å². The van der Waals surface area contributed by atoms with Gasteiger partial charge in [0, 0.05) is 31.4 Å². The highest BCUT2D eigenvalue weighted by Crippen LogP contribution is 2.27. The Kier molecular flexibility index (Phi) is 3.76. The predicted molar refractivity (Wildman–Crippen MR) is 94.1 cm³/mol. The van der Waals surface area contributed by atoms with Crippen LogP contribution in [0.3, 0.4) is 0 Å². The zero-order chi connectivity index (χ0) is 17.3. The van der Waals surface area contributed by atoms with Crippen molar-refractivity contribution < 1.29 is 13.9 Å². The Morgan fingerprint density at radius 2 is 2.27 bits per heavy atom. The Morgan fingerprint density at radius 1 is 1.27 bits per heavy atom. The average molecular weight is 351 g/mol.